The number of nitrogens with one attached hydrogen (secondary N) is 2. The number of ketones is 1. The Kier molecular flexibility index (Phi) is 6.83. The van der Waals surface area contributed by atoms with Crippen LogP contribution in [-0.4, -0.2) is 54.7 Å². The van der Waals surface area contributed by atoms with Crippen LogP contribution in [0.1, 0.15) is 61.4 Å². The summed E-state index contributed by atoms with van der Waals surface area (Å²) in [5.41, 5.74) is 1.64. The second-order valence-electron chi connectivity index (χ2n) is 8.26. The molecule has 0 radical (unpaired) electrons. The molecule has 2 amide bonds. The molecular weight excluding hydrogens is 354 g/mol. The Morgan fingerprint density at radius 2 is 1.93 bits per heavy atom. The zero-order chi connectivity index (χ0) is 20.1. The first-order valence-corrected chi connectivity index (χ1v) is 10.4. The summed E-state index contributed by atoms with van der Waals surface area (Å²) in [6.07, 6.45) is 4.33. The molecule has 1 aromatic rings. The predicted molar refractivity (Wildman–Crippen MR) is 108 cm³/mol. The van der Waals surface area contributed by atoms with E-state index in [4.69, 9.17) is 0 Å². The number of amides is 2. The fourth-order valence-electron chi connectivity index (χ4n) is 3.51. The van der Waals surface area contributed by atoms with E-state index in [1.165, 1.54) is 12.8 Å². The molecule has 2 N–H and O–H groups in total. The number of nitrogens with zero attached hydrogens (tertiary/aromatic N) is 1. The van der Waals surface area contributed by atoms with Crippen LogP contribution in [0.25, 0.3) is 0 Å². The van der Waals surface area contributed by atoms with Crippen molar-refractivity contribution in [3.05, 3.63) is 35.4 Å². The quantitative estimate of drug-likeness (QED) is 0.718. The molecule has 0 aromatic heterocycles. The van der Waals surface area contributed by atoms with Crippen molar-refractivity contribution in [2.24, 2.45) is 5.92 Å². The number of likely N-dealkylation sites (tertiary alicyclic amines) is 1. The van der Waals surface area contributed by atoms with Gasteiger partial charge in [0.25, 0.3) is 5.91 Å². The number of carbonyl (C=O) groups excluding carboxylic acids is 3. The van der Waals surface area contributed by atoms with Crippen LogP contribution in [0, 0.1) is 5.92 Å². The van der Waals surface area contributed by atoms with Gasteiger partial charge in [-0.05, 0) is 43.4 Å². The third kappa shape index (κ3) is 5.64. The van der Waals surface area contributed by atoms with Gasteiger partial charge in [0.2, 0.25) is 5.91 Å². The van der Waals surface area contributed by atoms with Gasteiger partial charge >= 0.3 is 0 Å². The topological polar surface area (TPSA) is 78.5 Å². The van der Waals surface area contributed by atoms with E-state index in [0.29, 0.717) is 24.7 Å². The van der Waals surface area contributed by atoms with Crippen LogP contribution in [0.5, 0.6) is 0 Å². The average Bonchev–Trinajstić information content (AvgIpc) is 3.54. The molecule has 6 heteroatoms. The average molecular weight is 386 g/mol. The molecule has 1 aromatic carbocycles. The molecule has 1 saturated heterocycles. The first-order chi connectivity index (χ1) is 13.4. The molecule has 1 atom stereocenters. The van der Waals surface area contributed by atoms with E-state index in [2.05, 4.69) is 10.6 Å². The van der Waals surface area contributed by atoms with Crippen LogP contribution in [0.4, 0.5) is 0 Å². The van der Waals surface area contributed by atoms with E-state index >= 15 is 0 Å². The van der Waals surface area contributed by atoms with E-state index in [0.717, 1.165) is 24.9 Å². The number of Topliss-reactive ketones (excluding diaryl/α,β-unsaturated/α-hetero) is 1. The van der Waals surface area contributed by atoms with Crippen molar-refractivity contribution in [3.8, 4) is 0 Å². The highest BCUT2D eigenvalue weighted by Gasteiger charge is 2.27. The molecule has 1 aliphatic heterocycles. The Morgan fingerprint density at radius 3 is 2.64 bits per heavy atom. The Balaban J connectivity index is 1.58. The Hall–Kier alpha value is -2.21. The summed E-state index contributed by atoms with van der Waals surface area (Å²) in [5, 5.41) is 6.00. The molecular formula is C22H31N3O3. The van der Waals surface area contributed by atoms with Crippen molar-refractivity contribution in [3.63, 3.8) is 0 Å². The Bertz CT molecular complexity index is 727. The van der Waals surface area contributed by atoms with Gasteiger partial charge in [-0.2, -0.15) is 0 Å². The maximum atomic E-state index is 12.5. The van der Waals surface area contributed by atoms with Gasteiger partial charge in [0.05, 0.1) is 13.1 Å². The summed E-state index contributed by atoms with van der Waals surface area (Å²) in [6, 6.07) is 8.10. The number of hydrogen-bond donors (Lipinski definition) is 2. The molecule has 2 fully saturated rings. The largest absolute Gasteiger partial charge is 0.345 e. The van der Waals surface area contributed by atoms with Crippen molar-refractivity contribution >= 4 is 17.6 Å². The maximum Gasteiger partial charge on any atom is 0.251 e. The maximum absolute atomic E-state index is 12.5. The van der Waals surface area contributed by atoms with Gasteiger partial charge < -0.3 is 15.5 Å². The lowest BCUT2D eigenvalue weighted by atomic mass is 9.89. The van der Waals surface area contributed by atoms with Crippen LogP contribution in [0.2, 0.25) is 0 Å². The molecule has 3 rings (SSSR count). The van der Waals surface area contributed by atoms with E-state index in [1.54, 1.807) is 6.07 Å². The summed E-state index contributed by atoms with van der Waals surface area (Å²) < 4.78 is 0. The van der Waals surface area contributed by atoms with Gasteiger partial charge in [0.1, 0.15) is 0 Å². The number of hydrogen-bond acceptors (Lipinski definition) is 4. The number of benzene rings is 1. The molecule has 6 nitrogen and oxygen atoms in total. The summed E-state index contributed by atoms with van der Waals surface area (Å²) in [6.45, 7) is 5.63. The van der Waals surface area contributed by atoms with Crippen molar-refractivity contribution in [1.82, 2.24) is 15.5 Å². The number of rotatable bonds is 8. The third-order valence-electron chi connectivity index (χ3n) is 5.58. The lowest BCUT2D eigenvalue weighted by Crippen LogP contribution is -2.43. The second-order valence-corrected chi connectivity index (χ2v) is 8.26. The van der Waals surface area contributed by atoms with Gasteiger partial charge in [-0.15, -0.1) is 0 Å². The molecule has 28 heavy (non-hydrogen) atoms. The van der Waals surface area contributed by atoms with E-state index in [-0.39, 0.29) is 36.0 Å². The summed E-state index contributed by atoms with van der Waals surface area (Å²) in [5.74, 6) is 0.104. The summed E-state index contributed by atoms with van der Waals surface area (Å²) in [7, 11) is 0. The van der Waals surface area contributed by atoms with Gasteiger partial charge in [-0.1, -0.05) is 26.0 Å². The molecule has 0 spiro atoms. The monoisotopic (exact) mass is 385 g/mol. The summed E-state index contributed by atoms with van der Waals surface area (Å²) >= 11 is 0. The first-order valence-electron chi connectivity index (χ1n) is 10.4. The summed E-state index contributed by atoms with van der Waals surface area (Å²) in [4.78, 5) is 38.5. The standard InChI is InChI=1S/C22H31N3O3/c1-15(2)20(26)12-24-22(28)17-6-3-5-16(11-17)18-7-4-10-25(14-18)21(27)13-23-19-8-9-19/h3,5-6,11,15,18-19,23H,4,7-10,12-14H2,1-2H3,(H,24,28). The zero-order valence-electron chi connectivity index (χ0n) is 16.9. The minimum atomic E-state index is -0.228. The highest BCUT2D eigenvalue weighted by Crippen LogP contribution is 2.27. The van der Waals surface area contributed by atoms with Crippen molar-refractivity contribution in [1.29, 1.82) is 0 Å². The van der Waals surface area contributed by atoms with E-state index < -0.39 is 0 Å². The highest BCUT2D eigenvalue weighted by atomic mass is 16.2. The van der Waals surface area contributed by atoms with Gasteiger partial charge in [-0.25, -0.2) is 0 Å². The third-order valence-corrected chi connectivity index (χ3v) is 5.58. The fraction of sp³-hybridized carbons (Fsp3) is 0.591. The van der Waals surface area contributed by atoms with Crippen LogP contribution in [0.3, 0.4) is 0 Å². The minimum Gasteiger partial charge on any atom is -0.345 e. The van der Waals surface area contributed by atoms with Crippen molar-refractivity contribution in [2.75, 3.05) is 26.2 Å². The minimum absolute atomic E-state index is 0.0192. The SMILES string of the molecule is CC(C)C(=O)CNC(=O)c1cccc(C2CCCN(C(=O)CNC3CC3)C2)c1. The molecule has 1 saturated carbocycles. The van der Waals surface area contributed by atoms with Crippen molar-refractivity contribution < 1.29 is 14.4 Å². The second kappa shape index (κ2) is 9.32. The fourth-order valence-corrected chi connectivity index (χ4v) is 3.51. The van der Waals surface area contributed by atoms with E-state index in [1.807, 2.05) is 36.9 Å². The first kappa shape index (κ1) is 20.5. The molecule has 1 heterocycles. The van der Waals surface area contributed by atoms with Crippen molar-refractivity contribution in [2.45, 2.75) is 51.5 Å². The van der Waals surface area contributed by atoms with Crippen LogP contribution >= 0.6 is 0 Å². The van der Waals surface area contributed by atoms with Crippen LogP contribution < -0.4 is 10.6 Å². The van der Waals surface area contributed by atoms with Crippen LogP contribution in [-0.2, 0) is 9.59 Å². The van der Waals surface area contributed by atoms with Gasteiger partial charge in [-0.3, -0.25) is 14.4 Å². The Labute approximate surface area is 167 Å². The van der Waals surface area contributed by atoms with Gasteiger partial charge in [0.15, 0.2) is 5.78 Å². The zero-order valence-corrected chi connectivity index (χ0v) is 16.9. The molecule has 0 bridgehead atoms. The van der Waals surface area contributed by atoms with Gasteiger partial charge in [0, 0.05) is 36.5 Å². The predicted octanol–water partition coefficient (Wildman–Crippen LogP) is 2.10. The van der Waals surface area contributed by atoms with E-state index in [9.17, 15) is 14.4 Å². The molecule has 2 aliphatic rings. The molecule has 1 aliphatic carbocycles. The highest BCUT2D eigenvalue weighted by molar-refractivity contribution is 5.97. The molecule has 1 unspecified atom stereocenters. The number of carbonyl (C=O) groups is 3. The molecule has 152 valence electrons. The number of piperidine rings is 1. The Morgan fingerprint density at radius 1 is 1.14 bits per heavy atom. The lowest BCUT2D eigenvalue weighted by Gasteiger charge is -2.33. The smallest absolute Gasteiger partial charge is 0.251 e. The lowest BCUT2D eigenvalue weighted by molar-refractivity contribution is -0.131. The normalized spacial score (nSPS) is 19.5. The van der Waals surface area contributed by atoms with Crippen LogP contribution in [0.15, 0.2) is 24.3 Å².